The highest BCUT2D eigenvalue weighted by molar-refractivity contribution is 5.42. The van der Waals surface area contributed by atoms with Crippen LogP contribution in [0.4, 0.5) is 0 Å². The maximum absolute atomic E-state index is 9.68. The smallest absolute Gasteiger partial charge is 0.230 e. The van der Waals surface area contributed by atoms with Crippen molar-refractivity contribution in [2.75, 3.05) is 6.61 Å². The molecule has 120 valence electrons. The number of tetrazole rings is 1. The number of aliphatic hydroxyl groups is 1. The second kappa shape index (κ2) is 5.71. The van der Waals surface area contributed by atoms with Gasteiger partial charge >= 0.3 is 0 Å². The fourth-order valence-electron chi connectivity index (χ4n) is 2.59. The third-order valence-corrected chi connectivity index (χ3v) is 3.89. The highest BCUT2D eigenvalue weighted by Gasteiger charge is 2.23. The van der Waals surface area contributed by atoms with Crippen molar-refractivity contribution >= 4 is 5.65 Å². The van der Waals surface area contributed by atoms with E-state index in [2.05, 4.69) is 32.7 Å². The minimum absolute atomic E-state index is 0.159. The lowest BCUT2D eigenvalue weighted by Gasteiger charge is -2.03. The molecule has 1 N–H and O–H groups in total. The summed E-state index contributed by atoms with van der Waals surface area (Å²) in [5.74, 6) is 0.872. The van der Waals surface area contributed by atoms with Gasteiger partial charge in [-0.05, 0) is 42.5 Å². The molecule has 1 atom stereocenters. The van der Waals surface area contributed by atoms with E-state index in [9.17, 15) is 5.11 Å². The first-order valence-corrected chi connectivity index (χ1v) is 7.78. The maximum Gasteiger partial charge on any atom is 0.230 e. The monoisotopic (exact) mass is 314 g/mol. The molecule has 3 aromatic heterocycles. The molecule has 8 heteroatoms. The Morgan fingerprint density at radius 3 is 3.00 bits per heavy atom. The van der Waals surface area contributed by atoms with Gasteiger partial charge in [-0.3, -0.25) is 0 Å². The normalized spacial score (nSPS) is 16.1. The second-order valence-electron chi connectivity index (χ2n) is 5.72. The summed E-state index contributed by atoms with van der Waals surface area (Å²) in [7, 11) is 0. The molecule has 1 aliphatic rings. The van der Waals surface area contributed by atoms with Crippen molar-refractivity contribution in [3.8, 4) is 0 Å². The summed E-state index contributed by atoms with van der Waals surface area (Å²) in [5, 5.41) is 21.5. The van der Waals surface area contributed by atoms with Crippen LogP contribution in [0.5, 0.6) is 0 Å². The third kappa shape index (κ3) is 2.95. The summed E-state index contributed by atoms with van der Waals surface area (Å²) in [4.78, 5) is 5.96. The van der Waals surface area contributed by atoms with Gasteiger partial charge in [-0.1, -0.05) is 6.07 Å². The van der Waals surface area contributed by atoms with Crippen LogP contribution in [0.15, 0.2) is 24.5 Å². The van der Waals surface area contributed by atoms with Crippen LogP contribution in [0, 0.1) is 0 Å². The summed E-state index contributed by atoms with van der Waals surface area (Å²) in [5.41, 5.74) is 3.11. The van der Waals surface area contributed by atoms with Gasteiger partial charge in [0.2, 0.25) is 12.1 Å². The number of aliphatic hydroxyl groups excluding tert-OH is 1. The lowest BCUT2D eigenvalue weighted by atomic mass is 10.2. The van der Waals surface area contributed by atoms with Crippen molar-refractivity contribution in [3.05, 3.63) is 41.6 Å². The van der Waals surface area contributed by atoms with E-state index in [0.717, 1.165) is 11.3 Å². The van der Waals surface area contributed by atoms with Gasteiger partial charge in [0.1, 0.15) is 12.2 Å². The van der Waals surface area contributed by atoms with Gasteiger partial charge < -0.3 is 14.2 Å². The molecule has 0 amide bonds. The molecule has 23 heavy (non-hydrogen) atoms. The predicted octanol–water partition coefficient (Wildman–Crippen LogP) is 1.27. The Kier molecular flexibility index (Phi) is 3.55. The molecule has 1 fully saturated rings. The largest absolute Gasteiger partial charge is 0.362 e. The van der Waals surface area contributed by atoms with Crippen LogP contribution in [-0.2, 0) is 11.3 Å². The highest BCUT2D eigenvalue weighted by Crippen LogP contribution is 2.39. The van der Waals surface area contributed by atoms with Gasteiger partial charge in [-0.2, -0.15) is 4.80 Å². The molecule has 3 heterocycles. The number of imidazole rings is 1. The van der Waals surface area contributed by atoms with Crippen LogP contribution < -0.4 is 0 Å². The predicted molar refractivity (Wildman–Crippen MR) is 80.7 cm³/mol. The topological polar surface area (TPSA) is 90.4 Å². The maximum atomic E-state index is 9.68. The standard InChI is InChI=1S/C15H18N6O2/c1-2-23-15(22)14-17-19-21(18-14)9-12-8-20-7-11(10-3-4-10)5-6-13(20)16-12/h5-8,10,15,22H,2-4,9H2,1H3. The van der Waals surface area contributed by atoms with E-state index in [0.29, 0.717) is 19.1 Å². The van der Waals surface area contributed by atoms with Crippen LogP contribution in [0.1, 0.15) is 49.1 Å². The van der Waals surface area contributed by atoms with E-state index in [1.165, 1.54) is 23.2 Å². The van der Waals surface area contributed by atoms with Crippen LogP contribution in [0.3, 0.4) is 0 Å². The van der Waals surface area contributed by atoms with Crippen LogP contribution >= 0.6 is 0 Å². The lowest BCUT2D eigenvalue weighted by Crippen LogP contribution is -2.07. The molecule has 0 aliphatic heterocycles. The number of hydrogen-bond donors (Lipinski definition) is 1. The number of pyridine rings is 1. The zero-order valence-corrected chi connectivity index (χ0v) is 12.8. The van der Waals surface area contributed by atoms with Crippen molar-refractivity contribution in [2.45, 2.75) is 38.5 Å². The quantitative estimate of drug-likeness (QED) is 0.689. The Balaban J connectivity index is 1.53. The Bertz CT molecular complexity index is 822. The summed E-state index contributed by atoms with van der Waals surface area (Å²) in [6, 6.07) is 4.18. The SMILES string of the molecule is CCOC(O)c1nnn(Cc2cn3cc(C4CC4)ccc3n2)n1. The van der Waals surface area contributed by atoms with E-state index in [-0.39, 0.29) is 5.82 Å². The molecule has 0 radical (unpaired) electrons. The minimum Gasteiger partial charge on any atom is -0.362 e. The lowest BCUT2D eigenvalue weighted by molar-refractivity contribution is -0.104. The van der Waals surface area contributed by atoms with Crippen molar-refractivity contribution in [1.29, 1.82) is 0 Å². The number of nitrogens with zero attached hydrogens (tertiary/aromatic N) is 6. The van der Waals surface area contributed by atoms with E-state index in [1.807, 2.05) is 16.7 Å². The fourth-order valence-corrected chi connectivity index (χ4v) is 2.59. The van der Waals surface area contributed by atoms with Gasteiger partial charge in [0, 0.05) is 19.0 Å². The minimum atomic E-state index is -1.14. The van der Waals surface area contributed by atoms with Crippen molar-refractivity contribution in [1.82, 2.24) is 29.6 Å². The number of aromatic nitrogens is 6. The summed E-state index contributed by atoms with van der Waals surface area (Å²) < 4.78 is 7.08. The molecule has 3 aromatic rings. The molecule has 1 saturated carbocycles. The first kappa shape index (κ1) is 14.3. The van der Waals surface area contributed by atoms with E-state index >= 15 is 0 Å². The molecule has 4 rings (SSSR count). The number of fused-ring (bicyclic) bond motifs is 1. The van der Waals surface area contributed by atoms with Gasteiger partial charge in [0.15, 0.2) is 0 Å². The second-order valence-corrected chi connectivity index (χ2v) is 5.72. The number of ether oxygens (including phenoxy) is 1. The average molecular weight is 314 g/mol. The first-order chi connectivity index (χ1) is 11.2. The fraction of sp³-hybridized carbons (Fsp3) is 0.467. The summed E-state index contributed by atoms with van der Waals surface area (Å²) >= 11 is 0. The van der Waals surface area contributed by atoms with E-state index < -0.39 is 6.29 Å². The Morgan fingerprint density at radius 2 is 2.22 bits per heavy atom. The van der Waals surface area contributed by atoms with Crippen molar-refractivity contribution in [2.24, 2.45) is 0 Å². The Hall–Kier alpha value is -2.32. The third-order valence-electron chi connectivity index (χ3n) is 3.89. The van der Waals surface area contributed by atoms with Crippen LogP contribution in [0.25, 0.3) is 5.65 Å². The number of rotatable bonds is 6. The van der Waals surface area contributed by atoms with Gasteiger partial charge in [0.25, 0.3) is 0 Å². The van der Waals surface area contributed by atoms with Gasteiger partial charge in [-0.25, -0.2) is 4.98 Å². The molecule has 1 unspecified atom stereocenters. The zero-order chi connectivity index (χ0) is 15.8. The molecule has 1 aliphatic carbocycles. The Labute approximate surface area is 132 Å². The zero-order valence-electron chi connectivity index (χ0n) is 12.8. The molecule has 0 spiro atoms. The average Bonchev–Trinajstić information content (AvgIpc) is 3.15. The molecule has 8 nitrogen and oxygen atoms in total. The number of hydrogen-bond acceptors (Lipinski definition) is 6. The van der Waals surface area contributed by atoms with Crippen molar-refractivity contribution < 1.29 is 9.84 Å². The molecule has 0 aromatic carbocycles. The van der Waals surface area contributed by atoms with Crippen LogP contribution in [0.2, 0.25) is 0 Å². The summed E-state index contributed by atoms with van der Waals surface area (Å²) in [6.07, 6.45) is 5.53. The molecular weight excluding hydrogens is 296 g/mol. The van der Waals surface area contributed by atoms with E-state index in [4.69, 9.17) is 4.74 Å². The van der Waals surface area contributed by atoms with E-state index in [1.54, 1.807) is 6.92 Å². The molecule has 0 bridgehead atoms. The highest BCUT2D eigenvalue weighted by atomic mass is 16.6. The Morgan fingerprint density at radius 1 is 1.35 bits per heavy atom. The summed E-state index contributed by atoms with van der Waals surface area (Å²) in [6.45, 7) is 2.57. The van der Waals surface area contributed by atoms with Gasteiger partial charge in [-0.15, -0.1) is 10.2 Å². The first-order valence-electron chi connectivity index (χ1n) is 7.78. The molecule has 0 saturated heterocycles. The van der Waals surface area contributed by atoms with Gasteiger partial charge in [0.05, 0.1) is 5.69 Å². The molecular formula is C15H18N6O2. The van der Waals surface area contributed by atoms with Crippen molar-refractivity contribution in [3.63, 3.8) is 0 Å². The van der Waals surface area contributed by atoms with Crippen LogP contribution in [-0.4, -0.2) is 41.3 Å².